The highest BCUT2D eigenvalue weighted by Crippen LogP contribution is 2.34. The van der Waals surface area contributed by atoms with E-state index in [1.54, 1.807) is 0 Å². The average Bonchev–Trinajstić information content (AvgIpc) is 3.25. The topological polar surface area (TPSA) is 44.8 Å². The van der Waals surface area contributed by atoms with E-state index in [1.807, 2.05) is 46.0 Å². The zero-order chi connectivity index (χ0) is 20.5. The summed E-state index contributed by atoms with van der Waals surface area (Å²) in [5.41, 5.74) is 7.48. The third-order valence-electron chi connectivity index (χ3n) is 5.40. The summed E-state index contributed by atoms with van der Waals surface area (Å²) in [6, 6.07) is 14.7. The van der Waals surface area contributed by atoms with Crippen LogP contribution in [-0.2, 0) is 19.6 Å². The molecule has 0 aliphatic rings. The molecule has 0 unspecified atom stereocenters. The highest BCUT2D eigenvalue weighted by Gasteiger charge is 2.17. The largest absolute Gasteiger partial charge is 0.329 e. The minimum absolute atomic E-state index is 0.0448. The van der Waals surface area contributed by atoms with Gasteiger partial charge in [-0.15, -0.1) is 6.58 Å². The average molecular weight is 386 g/mol. The van der Waals surface area contributed by atoms with Crippen LogP contribution in [0.1, 0.15) is 19.4 Å². The normalized spacial score (nSPS) is 11.3. The summed E-state index contributed by atoms with van der Waals surface area (Å²) < 4.78 is 5.64. The molecule has 0 atom stereocenters. The van der Waals surface area contributed by atoms with Gasteiger partial charge < -0.3 is 0 Å². The van der Waals surface area contributed by atoms with Crippen LogP contribution in [0.4, 0.5) is 0 Å². The van der Waals surface area contributed by atoms with Crippen molar-refractivity contribution < 1.29 is 0 Å². The van der Waals surface area contributed by atoms with E-state index in [0.29, 0.717) is 19.6 Å². The fraction of sp³-hybridized carbons (Fsp3) is 0.250. The van der Waals surface area contributed by atoms with Crippen molar-refractivity contribution in [3.63, 3.8) is 0 Å². The minimum Gasteiger partial charge on any atom is -0.292 e. The summed E-state index contributed by atoms with van der Waals surface area (Å²) in [6.45, 7) is 11.9. The van der Waals surface area contributed by atoms with Gasteiger partial charge in [0, 0.05) is 24.2 Å². The molecule has 0 aliphatic heterocycles. The second-order valence-corrected chi connectivity index (χ2v) is 7.22. The van der Waals surface area contributed by atoms with Gasteiger partial charge in [0.1, 0.15) is 0 Å². The SMILES string of the molecule is C=CCn1ncc(-c2ccc3c(c2)n(CC)c(=O)n3CC)c1-c1cccc(C)c1. The second kappa shape index (κ2) is 7.59. The maximum atomic E-state index is 12.7. The standard InChI is InChI=1S/C24H26N4O/c1-5-13-28-23(19-10-8-9-17(4)14-19)20(16-25-28)18-11-12-21-22(15-18)27(7-3)24(29)26(21)6-2/h5,8-12,14-16H,1,6-7,13H2,2-4H3. The van der Waals surface area contributed by atoms with Gasteiger partial charge in [-0.2, -0.15) is 5.10 Å². The van der Waals surface area contributed by atoms with Gasteiger partial charge in [-0.05, 0) is 44.5 Å². The van der Waals surface area contributed by atoms with Crippen molar-refractivity contribution in [2.24, 2.45) is 0 Å². The van der Waals surface area contributed by atoms with Gasteiger partial charge >= 0.3 is 5.69 Å². The molecule has 148 valence electrons. The van der Waals surface area contributed by atoms with E-state index in [9.17, 15) is 4.79 Å². The number of nitrogens with zero attached hydrogens (tertiary/aromatic N) is 4. The zero-order valence-electron chi connectivity index (χ0n) is 17.2. The Labute approximate surface area is 170 Å². The van der Waals surface area contributed by atoms with Crippen molar-refractivity contribution in [1.29, 1.82) is 0 Å². The summed E-state index contributed by atoms with van der Waals surface area (Å²) in [4.78, 5) is 12.7. The number of aromatic nitrogens is 4. The Morgan fingerprint density at radius 3 is 2.45 bits per heavy atom. The molecule has 2 aromatic carbocycles. The quantitative estimate of drug-likeness (QED) is 0.444. The highest BCUT2D eigenvalue weighted by atomic mass is 16.1. The maximum Gasteiger partial charge on any atom is 0.329 e. The molecule has 0 fully saturated rings. The first kappa shape index (κ1) is 19.0. The third-order valence-corrected chi connectivity index (χ3v) is 5.40. The molecule has 0 saturated carbocycles. The molecule has 0 radical (unpaired) electrons. The molecule has 0 bridgehead atoms. The van der Waals surface area contributed by atoms with Gasteiger partial charge in [-0.1, -0.05) is 35.9 Å². The van der Waals surface area contributed by atoms with E-state index in [2.05, 4.69) is 55.0 Å². The Kier molecular flexibility index (Phi) is 4.97. The Morgan fingerprint density at radius 2 is 1.76 bits per heavy atom. The molecule has 0 N–H and O–H groups in total. The van der Waals surface area contributed by atoms with Gasteiger partial charge in [-0.25, -0.2) is 4.79 Å². The van der Waals surface area contributed by atoms with E-state index >= 15 is 0 Å². The summed E-state index contributed by atoms with van der Waals surface area (Å²) >= 11 is 0. The lowest BCUT2D eigenvalue weighted by Gasteiger charge is -2.10. The van der Waals surface area contributed by atoms with E-state index in [-0.39, 0.29) is 5.69 Å². The van der Waals surface area contributed by atoms with Crippen molar-refractivity contribution in [1.82, 2.24) is 18.9 Å². The molecule has 2 heterocycles. The van der Waals surface area contributed by atoms with Crippen molar-refractivity contribution in [2.45, 2.75) is 40.4 Å². The first-order valence-corrected chi connectivity index (χ1v) is 10.1. The Bertz CT molecular complexity index is 1260. The molecular formula is C24H26N4O. The van der Waals surface area contributed by atoms with Crippen LogP contribution in [0.2, 0.25) is 0 Å². The predicted molar refractivity (Wildman–Crippen MR) is 119 cm³/mol. The maximum absolute atomic E-state index is 12.7. The van der Waals surface area contributed by atoms with E-state index in [1.165, 1.54) is 5.56 Å². The molecule has 0 aliphatic carbocycles. The zero-order valence-corrected chi connectivity index (χ0v) is 17.2. The van der Waals surface area contributed by atoms with Crippen molar-refractivity contribution >= 4 is 11.0 Å². The number of hydrogen-bond acceptors (Lipinski definition) is 2. The molecule has 29 heavy (non-hydrogen) atoms. The van der Waals surface area contributed by atoms with Gasteiger partial charge in [0.2, 0.25) is 0 Å². The lowest BCUT2D eigenvalue weighted by molar-refractivity contribution is 0.671. The summed E-state index contributed by atoms with van der Waals surface area (Å²) in [6.07, 6.45) is 3.77. The molecule has 0 saturated heterocycles. The first-order valence-electron chi connectivity index (χ1n) is 10.1. The third kappa shape index (κ3) is 3.12. The first-order chi connectivity index (χ1) is 14.1. The Balaban J connectivity index is 1.97. The van der Waals surface area contributed by atoms with Crippen LogP contribution in [-0.4, -0.2) is 18.9 Å². The second-order valence-electron chi connectivity index (χ2n) is 7.22. The van der Waals surface area contributed by atoms with Crippen LogP contribution in [0.15, 0.2) is 66.1 Å². The van der Waals surface area contributed by atoms with Gasteiger partial charge in [0.25, 0.3) is 0 Å². The molecule has 4 rings (SSSR count). The molecule has 0 amide bonds. The van der Waals surface area contributed by atoms with Gasteiger partial charge in [-0.3, -0.25) is 13.8 Å². The van der Waals surface area contributed by atoms with E-state index in [4.69, 9.17) is 0 Å². The van der Waals surface area contributed by atoms with Crippen LogP contribution >= 0.6 is 0 Å². The van der Waals surface area contributed by atoms with Gasteiger partial charge in [0.05, 0.1) is 29.5 Å². The number of hydrogen-bond donors (Lipinski definition) is 0. The fourth-order valence-corrected chi connectivity index (χ4v) is 4.05. The molecular weight excluding hydrogens is 360 g/mol. The van der Waals surface area contributed by atoms with Crippen LogP contribution in [0, 0.1) is 6.92 Å². The molecule has 4 aromatic rings. The highest BCUT2D eigenvalue weighted by molar-refractivity contribution is 5.87. The number of fused-ring (bicyclic) bond motifs is 1. The lowest BCUT2D eigenvalue weighted by Crippen LogP contribution is -2.22. The number of imidazole rings is 1. The Hall–Kier alpha value is -3.34. The number of rotatable bonds is 6. The molecule has 5 nitrogen and oxygen atoms in total. The van der Waals surface area contributed by atoms with Crippen LogP contribution < -0.4 is 5.69 Å². The predicted octanol–water partition coefficient (Wildman–Crippen LogP) is 4.87. The number of benzene rings is 2. The number of aryl methyl sites for hydroxylation is 3. The van der Waals surface area contributed by atoms with Gasteiger partial charge in [0.15, 0.2) is 0 Å². The molecule has 0 spiro atoms. The smallest absolute Gasteiger partial charge is 0.292 e. The van der Waals surface area contributed by atoms with E-state index < -0.39 is 0 Å². The lowest BCUT2D eigenvalue weighted by atomic mass is 10.00. The summed E-state index contributed by atoms with van der Waals surface area (Å²) in [5.74, 6) is 0. The number of allylic oxidation sites excluding steroid dienone is 1. The van der Waals surface area contributed by atoms with Crippen LogP contribution in [0.25, 0.3) is 33.4 Å². The minimum atomic E-state index is 0.0448. The van der Waals surface area contributed by atoms with Crippen molar-refractivity contribution in [3.05, 3.63) is 77.4 Å². The van der Waals surface area contributed by atoms with E-state index in [0.717, 1.165) is 33.4 Å². The summed E-state index contributed by atoms with van der Waals surface area (Å²) in [7, 11) is 0. The van der Waals surface area contributed by atoms with Crippen molar-refractivity contribution in [2.75, 3.05) is 0 Å². The molecule has 2 aromatic heterocycles. The van der Waals surface area contributed by atoms with Crippen LogP contribution in [0.5, 0.6) is 0 Å². The monoisotopic (exact) mass is 386 g/mol. The molecule has 5 heteroatoms. The summed E-state index contributed by atoms with van der Waals surface area (Å²) in [5, 5.41) is 4.62. The Morgan fingerprint density at radius 1 is 1.00 bits per heavy atom. The fourth-order valence-electron chi connectivity index (χ4n) is 4.05. The van der Waals surface area contributed by atoms with Crippen LogP contribution in [0.3, 0.4) is 0 Å². The van der Waals surface area contributed by atoms with Crippen molar-refractivity contribution in [3.8, 4) is 22.4 Å².